The highest BCUT2D eigenvalue weighted by atomic mass is 19.1. The van der Waals surface area contributed by atoms with Crippen LogP contribution in [0.4, 0.5) is 10.1 Å². The third-order valence-corrected chi connectivity index (χ3v) is 3.53. The number of nitrogens with one attached hydrogen (secondary N) is 1. The second kappa shape index (κ2) is 6.44. The number of hydrogen-bond donors (Lipinski definition) is 1. The first-order valence-electron chi connectivity index (χ1n) is 7.38. The Kier molecular flexibility index (Phi) is 4.19. The zero-order valence-electron chi connectivity index (χ0n) is 12.7. The molecule has 0 radical (unpaired) electrons. The molecule has 23 heavy (non-hydrogen) atoms. The zero-order chi connectivity index (χ0) is 16.2. The highest BCUT2D eigenvalue weighted by Crippen LogP contribution is 2.18. The first-order valence-corrected chi connectivity index (χ1v) is 7.38. The molecule has 0 bridgehead atoms. The van der Waals surface area contributed by atoms with E-state index < -0.39 is 5.82 Å². The summed E-state index contributed by atoms with van der Waals surface area (Å²) < 4.78 is 15.0. The van der Waals surface area contributed by atoms with E-state index in [1.54, 1.807) is 23.0 Å². The van der Waals surface area contributed by atoms with Crippen LogP contribution < -0.4 is 5.32 Å². The van der Waals surface area contributed by atoms with E-state index in [1.807, 2.05) is 37.3 Å². The number of rotatable bonds is 4. The van der Waals surface area contributed by atoms with Gasteiger partial charge in [0.25, 0.3) is 5.91 Å². The molecule has 116 valence electrons. The van der Waals surface area contributed by atoms with Gasteiger partial charge in [-0.05, 0) is 36.8 Å². The van der Waals surface area contributed by atoms with Crippen LogP contribution in [-0.2, 0) is 6.42 Å². The van der Waals surface area contributed by atoms with Crippen LogP contribution in [0.1, 0.15) is 23.0 Å². The second-order valence-corrected chi connectivity index (χ2v) is 5.07. The molecule has 0 aliphatic heterocycles. The van der Waals surface area contributed by atoms with E-state index in [-0.39, 0.29) is 5.91 Å². The molecule has 3 rings (SSSR count). The van der Waals surface area contributed by atoms with Gasteiger partial charge in [0, 0.05) is 5.69 Å². The Hall–Kier alpha value is -2.95. The molecule has 0 atom stereocenters. The van der Waals surface area contributed by atoms with Gasteiger partial charge >= 0.3 is 0 Å². The van der Waals surface area contributed by atoms with Crippen molar-refractivity contribution >= 4 is 11.6 Å². The molecule has 0 aliphatic carbocycles. The first-order chi connectivity index (χ1) is 11.2. The third-order valence-electron chi connectivity index (χ3n) is 3.53. The number of carbonyl (C=O) groups excluding carboxylic acids is 1. The quantitative estimate of drug-likeness (QED) is 0.796. The topological polar surface area (TPSA) is 46.9 Å². The van der Waals surface area contributed by atoms with Crippen LogP contribution in [0.2, 0.25) is 0 Å². The smallest absolute Gasteiger partial charge is 0.259 e. The third kappa shape index (κ3) is 3.13. The summed E-state index contributed by atoms with van der Waals surface area (Å²) >= 11 is 0. The molecule has 1 heterocycles. The van der Waals surface area contributed by atoms with E-state index in [1.165, 1.54) is 12.1 Å². The SMILES string of the molecule is CCc1c(C(=O)Nc2cccc(F)c2)cnn1-c1ccccc1. The lowest BCUT2D eigenvalue weighted by Crippen LogP contribution is -2.14. The Labute approximate surface area is 133 Å². The summed E-state index contributed by atoms with van der Waals surface area (Å²) in [6.07, 6.45) is 2.20. The molecule has 0 unspecified atom stereocenters. The monoisotopic (exact) mass is 309 g/mol. The Morgan fingerprint density at radius 2 is 1.96 bits per heavy atom. The van der Waals surface area contributed by atoms with Crippen LogP contribution in [-0.4, -0.2) is 15.7 Å². The molecule has 2 aromatic carbocycles. The van der Waals surface area contributed by atoms with E-state index >= 15 is 0 Å². The fourth-order valence-corrected chi connectivity index (χ4v) is 2.46. The van der Waals surface area contributed by atoms with Gasteiger partial charge in [-0.25, -0.2) is 9.07 Å². The van der Waals surface area contributed by atoms with Gasteiger partial charge in [-0.2, -0.15) is 5.10 Å². The molecule has 3 aromatic rings. The summed E-state index contributed by atoms with van der Waals surface area (Å²) in [7, 11) is 0. The maximum Gasteiger partial charge on any atom is 0.259 e. The number of aromatic nitrogens is 2. The van der Waals surface area contributed by atoms with Crippen molar-refractivity contribution < 1.29 is 9.18 Å². The molecule has 0 fully saturated rings. The largest absolute Gasteiger partial charge is 0.322 e. The van der Waals surface area contributed by atoms with Crippen molar-refractivity contribution in [3.05, 3.63) is 77.9 Å². The van der Waals surface area contributed by atoms with Gasteiger partial charge in [0.1, 0.15) is 5.82 Å². The maximum atomic E-state index is 13.2. The van der Waals surface area contributed by atoms with E-state index in [2.05, 4.69) is 10.4 Å². The van der Waals surface area contributed by atoms with E-state index in [0.29, 0.717) is 17.7 Å². The lowest BCUT2D eigenvalue weighted by atomic mass is 10.2. The summed E-state index contributed by atoms with van der Waals surface area (Å²) in [6, 6.07) is 15.4. The van der Waals surface area contributed by atoms with Crippen molar-refractivity contribution in [1.82, 2.24) is 9.78 Å². The number of benzene rings is 2. The molecule has 5 heteroatoms. The zero-order valence-corrected chi connectivity index (χ0v) is 12.7. The summed E-state index contributed by atoms with van der Waals surface area (Å²) in [4.78, 5) is 12.5. The number of halogens is 1. The minimum Gasteiger partial charge on any atom is -0.322 e. The number of anilines is 1. The van der Waals surface area contributed by atoms with Crippen LogP contribution in [0.3, 0.4) is 0 Å². The molecule has 0 spiro atoms. The van der Waals surface area contributed by atoms with Crippen LogP contribution in [0.15, 0.2) is 60.8 Å². The van der Waals surface area contributed by atoms with E-state index in [0.717, 1.165) is 11.4 Å². The summed E-state index contributed by atoms with van der Waals surface area (Å²) in [5.41, 5.74) is 2.62. The van der Waals surface area contributed by atoms with Gasteiger partial charge in [-0.1, -0.05) is 31.2 Å². The molecular formula is C18H16FN3O. The normalized spacial score (nSPS) is 10.5. The fourth-order valence-electron chi connectivity index (χ4n) is 2.46. The van der Waals surface area contributed by atoms with Gasteiger partial charge in [0.15, 0.2) is 0 Å². The van der Waals surface area contributed by atoms with Crippen LogP contribution in [0.25, 0.3) is 5.69 Å². The highest BCUT2D eigenvalue weighted by Gasteiger charge is 2.17. The first kappa shape index (κ1) is 15.0. The minimum absolute atomic E-state index is 0.297. The van der Waals surface area contributed by atoms with Gasteiger partial charge < -0.3 is 5.32 Å². The Morgan fingerprint density at radius 3 is 2.65 bits per heavy atom. The van der Waals surface area contributed by atoms with Gasteiger partial charge in [0.2, 0.25) is 0 Å². The molecule has 1 amide bonds. The lowest BCUT2D eigenvalue weighted by Gasteiger charge is -2.08. The van der Waals surface area contributed by atoms with Crippen molar-refractivity contribution in [2.75, 3.05) is 5.32 Å². The van der Waals surface area contributed by atoms with E-state index in [9.17, 15) is 9.18 Å². The van der Waals surface area contributed by atoms with Crippen LogP contribution in [0, 0.1) is 5.82 Å². The van der Waals surface area contributed by atoms with Crippen LogP contribution in [0.5, 0.6) is 0 Å². The fraction of sp³-hybridized carbons (Fsp3) is 0.111. The summed E-state index contributed by atoms with van der Waals surface area (Å²) in [5, 5.41) is 7.03. The lowest BCUT2D eigenvalue weighted by molar-refractivity contribution is 0.102. The average Bonchev–Trinajstić information content (AvgIpc) is 2.99. The number of hydrogen-bond acceptors (Lipinski definition) is 2. The molecule has 4 nitrogen and oxygen atoms in total. The minimum atomic E-state index is -0.390. The number of para-hydroxylation sites is 1. The molecule has 1 N–H and O–H groups in total. The van der Waals surface area contributed by atoms with Crippen molar-refractivity contribution in [1.29, 1.82) is 0 Å². The Balaban J connectivity index is 1.91. The van der Waals surface area contributed by atoms with Gasteiger partial charge in [0.05, 0.1) is 23.1 Å². The van der Waals surface area contributed by atoms with Crippen molar-refractivity contribution in [2.45, 2.75) is 13.3 Å². The highest BCUT2D eigenvalue weighted by molar-refractivity contribution is 6.05. The van der Waals surface area contributed by atoms with Gasteiger partial charge in [-0.3, -0.25) is 4.79 Å². The molecule has 1 aromatic heterocycles. The summed E-state index contributed by atoms with van der Waals surface area (Å²) in [5.74, 6) is -0.687. The molecule has 0 aliphatic rings. The predicted octanol–water partition coefficient (Wildman–Crippen LogP) is 3.83. The molecule has 0 saturated carbocycles. The van der Waals surface area contributed by atoms with E-state index in [4.69, 9.17) is 0 Å². The van der Waals surface area contributed by atoms with Gasteiger partial charge in [-0.15, -0.1) is 0 Å². The maximum absolute atomic E-state index is 13.2. The number of amides is 1. The average molecular weight is 309 g/mol. The predicted molar refractivity (Wildman–Crippen MR) is 87.3 cm³/mol. The molecule has 0 saturated heterocycles. The van der Waals surface area contributed by atoms with Crippen LogP contribution >= 0.6 is 0 Å². The Bertz CT molecular complexity index is 827. The molecular weight excluding hydrogens is 293 g/mol. The number of carbonyl (C=O) groups is 1. The van der Waals surface area contributed by atoms with Crippen molar-refractivity contribution in [2.24, 2.45) is 0 Å². The second-order valence-electron chi connectivity index (χ2n) is 5.07. The standard InChI is InChI=1S/C18H16FN3O/c1-2-17-16(12-20-22(17)15-9-4-3-5-10-15)18(23)21-14-8-6-7-13(19)11-14/h3-12H,2H2,1H3,(H,21,23). The number of nitrogens with zero attached hydrogens (tertiary/aromatic N) is 2. The Morgan fingerprint density at radius 1 is 1.17 bits per heavy atom. The van der Waals surface area contributed by atoms with Crippen molar-refractivity contribution in [3.8, 4) is 5.69 Å². The van der Waals surface area contributed by atoms with Crippen molar-refractivity contribution in [3.63, 3.8) is 0 Å². The summed E-state index contributed by atoms with van der Waals surface area (Å²) in [6.45, 7) is 1.97.